The molecule has 2 heterocycles. The Morgan fingerprint density at radius 1 is 1.37 bits per heavy atom. The van der Waals surface area contributed by atoms with E-state index in [9.17, 15) is 0 Å². The Labute approximate surface area is 117 Å². The van der Waals surface area contributed by atoms with Gasteiger partial charge in [-0.1, -0.05) is 19.8 Å². The molecule has 1 unspecified atom stereocenters. The van der Waals surface area contributed by atoms with E-state index in [0.29, 0.717) is 6.54 Å². The summed E-state index contributed by atoms with van der Waals surface area (Å²) in [5.74, 6) is 0.951. The van der Waals surface area contributed by atoms with E-state index < -0.39 is 0 Å². The first-order valence-electron chi connectivity index (χ1n) is 7.68. The third-order valence-corrected chi connectivity index (χ3v) is 4.13. The number of likely N-dealkylation sites (tertiary alicyclic amines) is 1. The number of nitrogens with zero attached hydrogens (tertiary/aromatic N) is 2. The van der Waals surface area contributed by atoms with Crippen molar-refractivity contribution in [3.63, 3.8) is 0 Å². The second-order valence-corrected chi connectivity index (χ2v) is 5.72. The van der Waals surface area contributed by atoms with E-state index in [1.54, 1.807) is 0 Å². The second kappa shape index (κ2) is 7.61. The number of pyridine rings is 1. The highest BCUT2D eigenvalue weighted by Gasteiger charge is 2.16. The average molecular weight is 261 g/mol. The Morgan fingerprint density at radius 2 is 2.26 bits per heavy atom. The lowest BCUT2D eigenvalue weighted by atomic mass is 9.96. The first-order valence-corrected chi connectivity index (χ1v) is 7.68. The van der Waals surface area contributed by atoms with Crippen LogP contribution in [0.1, 0.15) is 50.3 Å². The SMILES string of the molecule is CCCC1CCCN(Cc2ccnc(CN)c2)CC1. The molecule has 0 aromatic carbocycles. The van der Waals surface area contributed by atoms with Crippen molar-refractivity contribution < 1.29 is 0 Å². The van der Waals surface area contributed by atoms with E-state index in [4.69, 9.17) is 5.73 Å². The van der Waals surface area contributed by atoms with Gasteiger partial charge in [0.1, 0.15) is 0 Å². The van der Waals surface area contributed by atoms with Gasteiger partial charge in [-0.3, -0.25) is 9.88 Å². The lowest BCUT2D eigenvalue weighted by molar-refractivity contribution is 0.271. The smallest absolute Gasteiger partial charge is 0.0542 e. The van der Waals surface area contributed by atoms with Gasteiger partial charge >= 0.3 is 0 Å². The van der Waals surface area contributed by atoms with Crippen molar-refractivity contribution in [2.75, 3.05) is 13.1 Å². The van der Waals surface area contributed by atoms with Gasteiger partial charge in [-0.05, 0) is 56.0 Å². The van der Waals surface area contributed by atoms with E-state index in [1.807, 2.05) is 6.20 Å². The molecule has 1 aromatic rings. The molecule has 0 bridgehead atoms. The van der Waals surface area contributed by atoms with Crippen LogP contribution in [0.5, 0.6) is 0 Å². The van der Waals surface area contributed by atoms with Crippen LogP contribution in [0.25, 0.3) is 0 Å². The standard InChI is InChI=1S/C16H27N3/c1-2-4-14-5-3-9-19(10-7-14)13-15-6-8-18-16(11-15)12-17/h6,8,11,14H,2-5,7,9-10,12-13,17H2,1H3. The molecule has 0 saturated carbocycles. The predicted octanol–water partition coefficient (Wildman–Crippen LogP) is 2.94. The highest BCUT2D eigenvalue weighted by atomic mass is 15.1. The Morgan fingerprint density at radius 3 is 3.05 bits per heavy atom. The van der Waals surface area contributed by atoms with Crippen LogP contribution < -0.4 is 5.73 Å². The third-order valence-electron chi connectivity index (χ3n) is 4.13. The maximum absolute atomic E-state index is 5.65. The summed E-state index contributed by atoms with van der Waals surface area (Å²) in [6, 6.07) is 4.27. The van der Waals surface area contributed by atoms with Crippen LogP contribution in [0.2, 0.25) is 0 Å². The zero-order valence-corrected chi connectivity index (χ0v) is 12.1. The quantitative estimate of drug-likeness (QED) is 0.886. The number of hydrogen-bond donors (Lipinski definition) is 1. The molecule has 106 valence electrons. The minimum atomic E-state index is 0.534. The van der Waals surface area contributed by atoms with E-state index in [-0.39, 0.29) is 0 Å². The Hall–Kier alpha value is -0.930. The van der Waals surface area contributed by atoms with Gasteiger partial charge in [0.2, 0.25) is 0 Å². The van der Waals surface area contributed by atoms with Crippen molar-refractivity contribution in [2.24, 2.45) is 11.7 Å². The fraction of sp³-hybridized carbons (Fsp3) is 0.688. The molecule has 0 radical (unpaired) electrons. The van der Waals surface area contributed by atoms with Gasteiger partial charge in [-0.15, -0.1) is 0 Å². The van der Waals surface area contributed by atoms with Crippen LogP contribution in [-0.2, 0) is 13.1 Å². The minimum Gasteiger partial charge on any atom is -0.325 e. The second-order valence-electron chi connectivity index (χ2n) is 5.72. The van der Waals surface area contributed by atoms with Crippen LogP contribution in [-0.4, -0.2) is 23.0 Å². The molecule has 1 fully saturated rings. The summed E-state index contributed by atoms with van der Waals surface area (Å²) in [6.45, 7) is 6.36. The molecule has 3 heteroatoms. The number of hydrogen-bond acceptors (Lipinski definition) is 3. The van der Waals surface area contributed by atoms with Crippen molar-refractivity contribution in [2.45, 2.75) is 52.1 Å². The normalized spacial score (nSPS) is 21.3. The summed E-state index contributed by atoms with van der Waals surface area (Å²) in [7, 11) is 0. The Bertz CT molecular complexity index is 378. The third kappa shape index (κ3) is 4.59. The predicted molar refractivity (Wildman–Crippen MR) is 79.7 cm³/mol. The van der Waals surface area contributed by atoms with Gasteiger partial charge in [-0.25, -0.2) is 0 Å². The van der Waals surface area contributed by atoms with Gasteiger partial charge in [0, 0.05) is 19.3 Å². The van der Waals surface area contributed by atoms with Crippen molar-refractivity contribution >= 4 is 0 Å². The first kappa shape index (κ1) is 14.5. The molecular formula is C16H27N3. The average Bonchev–Trinajstić information content (AvgIpc) is 2.65. The Kier molecular flexibility index (Phi) is 5.80. The van der Waals surface area contributed by atoms with Crippen molar-refractivity contribution in [3.8, 4) is 0 Å². The van der Waals surface area contributed by atoms with Crippen molar-refractivity contribution in [3.05, 3.63) is 29.6 Å². The molecule has 1 atom stereocenters. The van der Waals surface area contributed by atoms with E-state index in [2.05, 4.69) is 28.9 Å². The Balaban J connectivity index is 1.88. The fourth-order valence-electron chi connectivity index (χ4n) is 3.08. The molecule has 2 N–H and O–H groups in total. The van der Waals surface area contributed by atoms with Crippen molar-refractivity contribution in [1.82, 2.24) is 9.88 Å². The van der Waals surface area contributed by atoms with Gasteiger partial charge < -0.3 is 5.73 Å². The number of rotatable bonds is 5. The molecular weight excluding hydrogens is 234 g/mol. The highest BCUT2D eigenvalue weighted by molar-refractivity contribution is 5.16. The first-order chi connectivity index (χ1) is 9.31. The largest absolute Gasteiger partial charge is 0.325 e. The zero-order chi connectivity index (χ0) is 13.5. The van der Waals surface area contributed by atoms with Crippen molar-refractivity contribution in [1.29, 1.82) is 0 Å². The van der Waals surface area contributed by atoms with Gasteiger partial charge in [0.15, 0.2) is 0 Å². The summed E-state index contributed by atoms with van der Waals surface area (Å²) in [4.78, 5) is 6.85. The molecule has 3 nitrogen and oxygen atoms in total. The number of aromatic nitrogens is 1. The van der Waals surface area contributed by atoms with Gasteiger partial charge in [0.25, 0.3) is 0 Å². The molecule has 1 aromatic heterocycles. The van der Waals surface area contributed by atoms with Crippen LogP contribution in [0, 0.1) is 5.92 Å². The molecule has 1 saturated heterocycles. The summed E-state index contributed by atoms with van der Waals surface area (Å²) in [5.41, 5.74) is 8.00. The van der Waals surface area contributed by atoms with Crippen LogP contribution in [0.4, 0.5) is 0 Å². The van der Waals surface area contributed by atoms with E-state index in [1.165, 1.54) is 50.8 Å². The molecule has 2 rings (SSSR count). The van der Waals surface area contributed by atoms with Gasteiger partial charge in [0.05, 0.1) is 5.69 Å². The summed E-state index contributed by atoms with van der Waals surface area (Å²) >= 11 is 0. The number of nitrogens with two attached hydrogens (primary N) is 1. The highest BCUT2D eigenvalue weighted by Crippen LogP contribution is 2.22. The van der Waals surface area contributed by atoms with Gasteiger partial charge in [-0.2, -0.15) is 0 Å². The maximum atomic E-state index is 5.65. The molecule has 1 aliphatic rings. The van der Waals surface area contributed by atoms with Crippen LogP contribution in [0.3, 0.4) is 0 Å². The topological polar surface area (TPSA) is 42.2 Å². The van der Waals surface area contributed by atoms with Crippen LogP contribution in [0.15, 0.2) is 18.3 Å². The molecule has 0 spiro atoms. The summed E-state index contributed by atoms with van der Waals surface area (Å²) < 4.78 is 0. The molecule has 0 amide bonds. The molecule has 1 aliphatic heterocycles. The summed E-state index contributed by atoms with van der Waals surface area (Å²) in [5, 5.41) is 0. The molecule has 19 heavy (non-hydrogen) atoms. The molecule has 0 aliphatic carbocycles. The van der Waals surface area contributed by atoms with E-state index >= 15 is 0 Å². The lowest BCUT2D eigenvalue weighted by Crippen LogP contribution is -2.24. The monoisotopic (exact) mass is 261 g/mol. The lowest BCUT2D eigenvalue weighted by Gasteiger charge is -2.20. The van der Waals surface area contributed by atoms with E-state index in [0.717, 1.165) is 18.2 Å². The fourth-order valence-corrected chi connectivity index (χ4v) is 3.08. The maximum Gasteiger partial charge on any atom is 0.0542 e. The zero-order valence-electron chi connectivity index (χ0n) is 12.1. The van der Waals surface area contributed by atoms with Crippen LogP contribution >= 0.6 is 0 Å². The minimum absolute atomic E-state index is 0.534. The summed E-state index contributed by atoms with van der Waals surface area (Å²) in [6.07, 6.45) is 8.74.